The Kier molecular flexibility index (Phi) is 4.62. The molecule has 90 valence electrons. The Hall–Kier alpha value is -2.50. The van der Waals surface area contributed by atoms with Crippen molar-refractivity contribution in [2.45, 2.75) is 0 Å². The normalized spacial score (nSPS) is 11.3. The van der Waals surface area contributed by atoms with Crippen molar-refractivity contribution in [2.24, 2.45) is 9.98 Å². The van der Waals surface area contributed by atoms with Crippen LogP contribution in [-0.4, -0.2) is 45.5 Å². The number of aliphatic imine (C=N–C) groups is 2. The number of hydrogen-bond acceptors (Lipinski definition) is 6. The third-order valence-electron chi connectivity index (χ3n) is 1.94. The lowest BCUT2D eigenvalue weighted by Gasteiger charge is -1.91. The van der Waals surface area contributed by atoms with E-state index in [1.807, 2.05) is 0 Å². The average Bonchev–Trinajstić information content (AvgIpc) is 2.45. The monoisotopic (exact) mass is 240 g/mol. The van der Waals surface area contributed by atoms with Crippen LogP contribution in [0, 0.1) is 0 Å². The van der Waals surface area contributed by atoms with Gasteiger partial charge < -0.3 is 0 Å². The summed E-state index contributed by atoms with van der Waals surface area (Å²) in [6.07, 6.45) is 9.99. The second-order valence-corrected chi connectivity index (χ2v) is 3.28. The SMILES string of the molecule is C(=N\CC/N=C/c1ncccn1)/c1ncccn1. The van der Waals surface area contributed by atoms with Crippen molar-refractivity contribution in [3.63, 3.8) is 0 Å². The molecular weight excluding hydrogens is 228 g/mol. The molecule has 0 saturated carbocycles. The molecule has 2 rings (SSSR count). The van der Waals surface area contributed by atoms with Gasteiger partial charge in [0.25, 0.3) is 0 Å². The van der Waals surface area contributed by atoms with Gasteiger partial charge in [0.1, 0.15) is 0 Å². The predicted octanol–water partition coefficient (Wildman–Crippen LogP) is 0.805. The molecule has 18 heavy (non-hydrogen) atoms. The molecule has 0 saturated heterocycles. The third kappa shape index (κ3) is 4.17. The van der Waals surface area contributed by atoms with E-state index in [1.165, 1.54) is 0 Å². The first-order chi connectivity index (χ1) is 8.95. The molecule has 0 fully saturated rings. The summed E-state index contributed by atoms with van der Waals surface area (Å²) in [6.45, 7) is 1.17. The Balaban J connectivity index is 1.73. The molecule has 2 aromatic rings. The summed E-state index contributed by atoms with van der Waals surface area (Å²) in [5.74, 6) is 1.21. The molecule has 0 radical (unpaired) electrons. The summed E-state index contributed by atoms with van der Waals surface area (Å²) in [4.78, 5) is 24.4. The predicted molar refractivity (Wildman–Crippen MR) is 69.0 cm³/mol. The minimum absolute atomic E-state index is 0.585. The fourth-order valence-corrected chi connectivity index (χ4v) is 1.16. The van der Waals surface area contributed by atoms with Gasteiger partial charge in [-0.1, -0.05) is 0 Å². The summed E-state index contributed by atoms with van der Waals surface area (Å²) in [6, 6.07) is 3.53. The van der Waals surface area contributed by atoms with Gasteiger partial charge in [-0.25, -0.2) is 19.9 Å². The van der Waals surface area contributed by atoms with E-state index in [-0.39, 0.29) is 0 Å². The van der Waals surface area contributed by atoms with Crippen LogP contribution < -0.4 is 0 Å². The summed E-state index contributed by atoms with van der Waals surface area (Å²) < 4.78 is 0. The Labute approximate surface area is 105 Å². The van der Waals surface area contributed by atoms with E-state index in [2.05, 4.69) is 29.9 Å². The Morgan fingerprint density at radius 2 is 1.11 bits per heavy atom. The molecule has 0 spiro atoms. The van der Waals surface area contributed by atoms with Gasteiger partial charge in [-0.05, 0) is 12.1 Å². The van der Waals surface area contributed by atoms with Gasteiger partial charge in [-0.15, -0.1) is 0 Å². The maximum atomic E-state index is 4.17. The van der Waals surface area contributed by atoms with Crippen molar-refractivity contribution in [3.05, 3.63) is 48.6 Å². The maximum Gasteiger partial charge on any atom is 0.170 e. The van der Waals surface area contributed by atoms with Crippen molar-refractivity contribution in [1.82, 2.24) is 19.9 Å². The lowest BCUT2D eigenvalue weighted by molar-refractivity contribution is 0.976. The van der Waals surface area contributed by atoms with Gasteiger partial charge in [-0.2, -0.15) is 0 Å². The molecule has 0 aromatic carbocycles. The lowest BCUT2D eigenvalue weighted by atomic mass is 10.5. The Bertz CT molecular complexity index is 459. The minimum Gasteiger partial charge on any atom is -0.287 e. The van der Waals surface area contributed by atoms with Gasteiger partial charge in [0.2, 0.25) is 0 Å². The zero-order valence-electron chi connectivity index (χ0n) is 9.72. The van der Waals surface area contributed by atoms with Crippen LogP contribution in [-0.2, 0) is 0 Å². The van der Waals surface area contributed by atoms with Crippen LogP contribution in [0.15, 0.2) is 46.9 Å². The highest BCUT2D eigenvalue weighted by Gasteiger charge is 1.87. The molecule has 0 aliphatic heterocycles. The third-order valence-corrected chi connectivity index (χ3v) is 1.94. The lowest BCUT2D eigenvalue weighted by Crippen LogP contribution is -1.95. The van der Waals surface area contributed by atoms with E-state index in [0.29, 0.717) is 24.7 Å². The molecule has 0 unspecified atom stereocenters. The molecule has 0 aliphatic rings. The van der Waals surface area contributed by atoms with Crippen LogP contribution in [0.25, 0.3) is 0 Å². The first-order valence-electron chi connectivity index (χ1n) is 5.49. The summed E-state index contributed by atoms with van der Waals surface area (Å²) >= 11 is 0. The first kappa shape index (κ1) is 12.0. The van der Waals surface area contributed by atoms with Crippen LogP contribution in [0.4, 0.5) is 0 Å². The van der Waals surface area contributed by atoms with Crippen LogP contribution >= 0.6 is 0 Å². The molecule has 2 heterocycles. The molecule has 0 N–H and O–H groups in total. The van der Waals surface area contributed by atoms with Crippen molar-refractivity contribution < 1.29 is 0 Å². The fraction of sp³-hybridized carbons (Fsp3) is 0.167. The summed E-state index contributed by atoms with van der Waals surface area (Å²) in [5.41, 5.74) is 0. The van der Waals surface area contributed by atoms with Crippen LogP contribution in [0.5, 0.6) is 0 Å². The van der Waals surface area contributed by atoms with E-state index in [1.54, 1.807) is 49.3 Å². The van der Waals surface area contributed by atoms with Crippen LogP contribution in [0.1, 0.15) is 11.6 Å². The molecule has 0 aliphatic carbocycles. The topological polar surface area (TPSA) is 76.3 Å². The van der Waals surface area contributed by atoms with Crippen molar-refractivity contribution >= 4 is 12.4 Å². The van der Waals surface area contributed by atoms with E-state index >= 15 is 0 Å². The highest BCUT2D eigenvalue weighted by atomic mass is 14.9. The van der Waals surface area contributed by atoms with E-state index in [0.717, 1.165) is 0 Å². The van der Waals surface area contributed by atoms with Gasteiger partial charge in [0.05, 0.1) is 25.5 Å². The van der Waals surface area contributed by atoms with Gasteiger partial charge in [0, 0.05) is 24.8 Å². The van der Waals surface area contributed by atoms with E-state index in [9.17, 15) is 0 Å². The highest BCUT2D eigenvalue weighted by molar-refractivity contribution is 5.74. The minimum atomic E-state index is 0.585. The van der Waals surface area contributed by atoms with Crippen LogP contribution in [0.3, 0.4) is 0 Å². The number of nitrogens with zero attached hydrogens (tertiary/aromatic N) is 6. The highest BCUT2D eigenvalue weighted by Crippen LogP contribution is 1.84. The molecule has 6 heteroatoms. The van der Waals surface area contributed by atoms with Crippen LogP contribution in [0.2, 0.25) is 0 Å². The maximum absolute atomic E-state index is 4.17. The second kappa shape index (κ2) is 6.95. The Morgan fingerprint density at radius 3 is 1.50 bits per heavy atom. The fourth-order valence-electron chi connectivity index (χ4n) is 1.16. The number of aromatic nitrogens is 4. The quantitative estimate of drug-likeness (QED) is 0.572. The largest absolute Gasteiger partial charge is 0.287 e. The second-order valence-electron chi connectivity index (χ2n) is 3.28. The van der Waals surface area contributed by atoms with Gasteiger partial charge in [0.15, 0.2) is 11.6 Å². The zero-order chi connectivity index (χ0) is 12.5. The smallest absolute Gasteiger partial charge is 0.170 e. The summed E-state index contributed by atoms with van der Waals surface area (Å²) in [5, 5.41) is 0. The molecule has 2 aromatic heterocycles. The Morgan fingerprint density at radius 1 is 0.722 bits per heavy atom. The van der Waals surface area contributed by atoms with E-state index in [4.69, 9.17) is 0 Å². The summed E-state index contributed by atoms with van der Waals surface area (Å²) in [7, 11) is 0. The van der Waals surface area contributed by atoms with Crippen molar-refractivity contribution in [3.8, 4) is 0 Å². The molecular formula is C12H12N6. The molecule has 6 nitrogen and oxygen atoms in total. The van der Waals surface area contributed by atoms with Crippen molar-refractivity contribution in [2.75, 3.05) is 13.1 Å². The van der Waals surface area contributed by atoms with Gasteiger partial charge >= 0.3 is 0 Å². The molecule has 0 bridgehead atoms. The van der Waals surface area contributed by atoms with E-state index < -0.39 is 0 Å². The number of rotatable bonds is 5. The van der Waals surface area contributed by atoms with Gasteiger partial charge in [-0.3, -0.25) is 9.98 Å². The zero-order valence-corrected chi connectivity index (χ0v) is 9.72. The average molecular weight is 240 g/mol. The van der Waals surface area contributed by atoms with Crippen molar-refractivity contribution in [1.29, 1.82) is 0 Å². The standard InChI is InChI=1S/C12H12N6/c1-3-15-11(16-4-1)9-13-7-8-14-10-12-17-5-2-6-18-12/h1-6,9-10H,7-8H2/b13-9+,14-10+. The molecule has 0 amide bonds. The first-order valence-corrected chi connectivity index (χ1v) is 5.49. The number of hydrogen-bond donors (Lipinski definition) is 0. The molecule has 0 atom stereocenters.